The molecule has 1 saturated heterocycles. The van der Waals surface area contributed by atoms with Gasteiger partial charge in [-0.05, 0) is 25.1 Å². The first-order valence-corrected chi connectivity index (χ1v) is 6.44. The molecule has 21 heavy (non-hydrogen) atoms. The molecule has 2 amide bonds. The molecule has 1 aliphatic rings. The van der Waals surface area contributed by atoms with E-state index < -0.39 is 17.3 Å². The molecule has 0 unspecified atom stereocenters. The molecule has 2 N–H and O–H groups in total. The van der Waals surface area contributed by atoms with Gasteiger partial charge in [0.25, 0.3) is 11.8 Å². The molecule has 1 aromatic rings. The van der Waals surface area contributed by atoms with E-state index in [1.807, 2.05) is 0 Å². The molecule has 0 saturated carbocycles. The van der Waals surface area contributed by atoms with E-state index in [2.05, 4.69) is 0 Å². The minimum atomic E-state index is -1.22. The van der Waals surface area contributed by atoms with Crippen molar-refractivity contribution in [2.45, 2.75) is 12.5 Å². The van der Waals surface area contributed by atoms with Gasteiger partial charge in [-0.2, -0.15) is 0 Å². The lowest BCUT2D eigenvalue weighted by Gasteiger charge is -2.38. The van der Waals surface area contributed by atoms with Crippen molar-refractivity contribution in [1.29, 1.82) is 0 Å². The molecule has 7 heteroatoms. The molecule has 2 rings (SSSR count). The first-order chi connectivity index (χ1) is 9.87. The third kappa shape index (κ3) is 2.97. The Morgan fingerprint density at radius 2 is 2.19 bits per heavy atom. The lowest BCUT2D eigenvalue weighted by Crippen LogP contribution is -2.58. The monoisotopic (exact) mass is 296 g/mol. The third-order valence-corrected chi connectivity index (χ3v) is 3.48. The topological polar surface area (TPSA) is 81.9 Å². The average molecular weight is 296 g/mol. The van der Waals surface area contributed by atoms with Crippen LogP contribution in [0.3, 0.4) is 0 Å². The van der Waals surface area contributed by atoms with Crippen LogP contribution in [0.1, 0.15) is 17.3 Å². The number of carbonyl (C=O) groups excluding carboxylic acids is 2. The summed E-state index contributed by atoms with van der Waals surface area (Å²) in [5.74, 6) is -1.57. The summed E-state index contributed by atoms with van der Waals surface area (Å²) in [5.41, 5.74) is 4.25. The lowest BCUT2D eigenvalue weighted by atomic mass is 10.0. The normalized spacial score (nSPS) is 22.0. The number of nitrogens with two attached hydrogens (primary N) is 1. The van der Waals surface area contributed by atoms with Crippen LogP contribution in [0.2, 0.25) is 0 Å². The Bertz CT molecular complexity index is 578. The average Bonchev–Trinajstić information content (AvgIpc) is 2.46. The van der Waals surface area contributed by atoms with Crippen LogP contribution in [0.15, 0.2) is 18.2 Å². The Labute approximate surface area is 121 Å². The van der Waals surface area contributed by atoms with Gasteiger partial charge in [-0.1, -0.05) is 0 Å². The van der Waals surface area contributed by atoms with E-state index in [-0.39, 0.29) is 30.4 Å². The quantitative estimate of drug-likeness (QED) is 0.883. The fraction of sp³-hybridized carbons (Fsp3) is 0.429. The zero-order valence-electron chi connectivity index (χ0n) is 11.9. The van der Waals surface area contributed by atoms with E-state index in [0.717, 1.165) is 6.07 Å². The summed E-state index contributed by atoms with van der Waals surface area (Å²) in [6.45, 7) is 2.08. The highest BCUT2D eigenvalue weighted by Gasteiger charge is 2.39. The van der Waals surface area contributed by atoms with E-state index in [1.165, 1.54) is 31.1 Å². The summed E-state index contributed by atoms with van der Waals surface area (Å²) in [5, 5.41) is 0. The van der Waals surface area contributed by atoms with E-state index in [9.17, 15) is 14.0 Å². The number of rotatable bonds is 3. The molecule has 1 heterocycles. The molecular formula is C14H17FN2O4. The van der Waals surface area contributed by atoms with Crippen LogP contribution in [-0.4, -0.2) is 49.1 Å². The minimum absolute atomic E-state index is 0.0365. The standard InChI is InChI=1S/C14H17FN2O4/c1-14(13(16)19)8-17(5-6-21-14)12(18)9-3-4-11(20-2)10(15)7-9/h3-4,7H,5-6,8H2,1-2H3,(H2,16,19)/t14-/m0/s1. The van der Waals surface area contributed by atoms with Crippen LogP contribution in [0.25, 0.3) is 0 Å². The molecule has 1 aromatic carbocycles. The maximum Gasteiger partial charge on any atom is 0.254 e. The van der Waals surface area contributed by atoms with Gasteiger partial charge in [0.2, 0.25) is 0 Å². The number of halogens is 1. The molecule has 1 fully saturated rings. The molecule has 0 radical (unpaired) electrons. The largest absolute Gasteiger partial charge is 0.494 e. The molecule has 1 atom stereocenters. The van der Waals surface area contributed by atoms with Crippen LogP contribution >= 0.6 is 0 Å². The first kappa shape index (κ1) is 15.2. The number of amides is 2. The number of carbonyl (C=O) groups is 2. The van der Waals surface area contributed by atoms with Crippen LogP contribution in [0, 0.1) is 5.82 Å². The SMILES string of the molecule is COc1ccc(C(=O)N2CCO[C@](C)(C(N)=O)C2)cc1F. The second-order valence-corrected chi connectivity index (χ2v) is 5.02. The Morgan fingerprint density at radius 1 is 1.48 bits per heavy atom. The molecular weight excluding hydrogens is 279 g/mol. The maximum absolute atomic E-state index is 13.7. The lowest BCUT2D eigenvalue weighted by molar-refractivity contribution is -0.150. The molecule has 0 spiro atoms. The van der Waals surface area contributed by atoms with E-state index >= 15 is 0 Å². The summed E-state index contributed by atoms with van der Waals surface area (Å²) in [6.07, 6.45) is 0. The highest BCUT2D eigenvalue weighted by Crippen LogP contribution is 2.22. The van der Waals surface area contributed by atoms with Gasteiger partial charge in [-0.15, -0.1) is 0 Å². The molecule has 114 valence electrons. The first-order valence-electron chi connectivity index (χ1n) is 6.44. The van der Waals surface area contributed by atoms with Crippen molar-refractivity contribution in [3.05, 3.63) is 29.6 Å². The Hall–Kier alpha value is -2.15. The second-order valence-electron chi connectivity index (χ2n) is 5.02. The summed E-state index contributed by atoms with van der Waals surface area (Å²) >= 11 is 0. The summed E-state index contributed by atoms with van der Waals surface area (Å²) in [7, 11) is 1.35. The van der Waals surface area contributed by atoms with Crippen molar-refractivity contribution in [3.8, 4) is 5.75 Å². The summed E-state index contributed by atoms with van der Waals surface area (Å²) in [6, 6.07) is 3.97. The summed E-state index contributed by atoms with van der Waals surface area (Å²) < 4.78 is 23.8. The third-order valence-electron chi connectivity index (χ3n) is 3.48. The van der Waals surface area contributed by atoms with Crippen molar-refractivity contribution >= 4 is 11.8 Å². The van der Waals surface area contributed by atoms with Crippen molar-refractivity contribution < 1.29 is 23.5 Å². The number of hydrogen-bond donors (Lipinski definition) is 1. The van der Waals surface area contributed by atoms with Gasteiger partial charge in [0.15, 0.2) is 17.2 Å². The van der Waals surface area contributed by atoms with Crippen molar-refractivity contribution in [1.82, 2.24) is 4.90 Å². The highest BCUT2D eigenvalue weighted by molar-refractivity contribution is 5.95. The van der Waals surface area contributed by atoms with Crippen molar-refractivity contribution in [2.24, 2.45) is 5.73 Å². The smallest absolute Gasteiger partial charge is 0.254 e. The van der Waals surface area contributed by atoms with Crippen molar-refractivity contribution in [3.63, 3.8) is 0 Å². The molecule has 0 bridgehead atoms. The predicted octanol–water partition coefficient (Wildman–Crippen LogP) is 0.551. The van der Waals surface area contributed by atoms with Gasteiger partial charge in [-0.25, -0.2) is 4.39 Å². The molecule has 0 aromatic heterocycles. The fourth-order valence-corrected chi connectivity index (χ4v) is 2.17. The van der Waals surface area contributed by atoms with Crippen LogP contribution in [-0.2, 0) is 9.53 Å². The minimum Gasteiger partial charge on any atom is -0.494 e. The number of primary amides is 1. The number of nitrogens with zero attached hydrogens (tertiary/aromatic N) is 1. The Morgan fingerprint density at radius 3 is 2.76 bits per heavy atom. The Balaban J connectivity index is 2.20. The molecule has 0 aliphatic carbocycles. The number of hydrogen-bond acceptors (Lipinski definition) is 4. The maximum atomic E-state index is 13.7. The van der Waals surface area contributed by atoms with Gasteiger partial charge in [0.05, 0.1) is 20.3 Å². The number of methoxy groups -OCH3 is 1. The number of morpholine rings is 1. The van der Waals surface area contributed by atoms with Crippen LogP contribution in [0.5, 0.6) is 5.75 Å². The predicted molar refractivity (Wildman–Crippen MR) is 72.4 cm³/mol. The second kappa shape index (κ2) is 5.69. The number of ether oxygens (including phenoxy) is 2. The highest BCUT2D eigenvalue weighted by atomic mass is 19.1. The van der Waals surface area contributed by atoms with Crippen LogP contribution < -0.4 is 10.5 Å². The van der Waals surface area contributed by atoms with E-state index in [0.29, 0.717) is 6.54 Å². The molecule has 6 nitrogen and oxygen atoms in total. The van der Waals surface area contributed by atoms with Gasteiger partial charge < -0.3 is 20.1 Å². The van der Waals surface area contributed by atoms with Crippen molar-refractivity contribution in [2.75, 3.05) is 26.8 Å². The zero-order valence-corrected chi connectivity index (χ0v) is 11.9. The van der Waals surface area contributed by atoms with Gasteiger partial charge in [0, 0.05) is 12.1 Å². The Kier molecular flexibility index (Phi) is 4.13. The zero-order chi connectivity index (χ0) is 15.6. The summed E-state index contributed by atoms with van der Waals surface area (Å²) in [4.78, 5) is 25.2. The van der Waals surface area contributed by atoms with E-state index in [4.69, 9.17) is 15.2 Å². The van der Waals surface area contributed by atoms with Crippen LogP contribution in [0.4, 0.5) is 4.39 Å². The number of benzene rings is 1. The van der Waals surface area contributed by atoms with E-state index in [1.54, 1.807) is 0 Å². The molecule has 1 aliphatic heterocycles. The van der Waals surface area contributed by atoms with Gasteiger partial charge in [-0.3, -0.25) is 9.59 Å². The van der Waals surface area contributed by atoms with Gasteiger partial charge in [0.1, 0.15) is 0 Å². The fourth-order valence-electron chi connectivity index (χ4n) is 2.17. The van der Waals surface area contributed by atoms with Gasteiger partial charge >= 0.3 is 0 Å².